The lowest BCUT2D eigenvalue weighted by Gasteiger charge is -2.14. The summed E-state index contributed by atoms with van der Waals surface area (Å²) in [4.78, 5) is 27.8. The van der Waals surface area contributed by atoms with E-state index in [0.717, 1.165) is 26.5 Å². The van der Waals surface area contributed by atoms with Gasteiger partial charge in [-0.3, -0.25) is 4.79 Å². The van der Waals surface area contributed by atoms with Gasteiger partial charge in [0.1, 0.15) is 39.5 Å². The van der Waals surface area contributed by atoms with E-state index in [4.69, 9.17) is 9.84 Å². The van der Waals surface area contributed by atoms with Crippen LogP contribution in [0.2, 0.25) is 0 Å². The number of nitrogens with one attached hydrogen (secondary N) is 1. The van der Waals surface area contributed by atoms with E-state index >= 15 is 0 Å². The van der Waals surface area contributed by atoms with Crippen LogP contribution in [0.15, 0.2) is 85.1 Å². The second-order valence-electron chi connectivity index (χ2n) is 7.93. The molecule has 0 saturated carbocycles. The van der Waals surface area contributed by atoms with Gasteiger partial charge in [-0.15, -0.1) is 0 Å². The summed E-state index contributed by atoms with van der Waals surface area (Å²) in [5.74, 6) is -0.0703. The molecule has 5 aromatic rings. The maximum Gasteiger partial charge on any atom is 0.274 e. The van der Waals surface area contributed by atoms with E-state index < -0.39 is 18.6 Å². The standard InChI is InChI=1S/C27H22N4O4S/c32-15-18(33)16-35-19-13-23(17-7-2-1-3-8-17)29-24(14-19)25(34)30-21-10-5-4-9-20(21)26-31-22-11-6-12-28-27(22)36-26/h1-14,18,32-33H,15-16H2,(H,30,34)/t18-/m1/s1. The molecule has 3 heterocycles. The minimum absolute atomic E-state index is 0.121. The van der Waals surface area contributed by atoms with Crippen molar-refractivity contribution < 1.29 is 19.7 Å². The average molecular weight is 499 g/mol. The van der Waals surface area contributed by atoms with Crippen LogP contribution in [0.4, 0.5) is 5.69 Å². The highest BCUT2D eigenvalue weighted by atomic mass is 32.1. The van der Waals surface area contributed by atoms with Crippen molar-refractivity contribution in [3.8, 4) is 27.6 Å². The van der Waals surface area contributed by atoms with Gasteiger partial charge in [-0.2, -0.15) is 0 Å². The van der Waals surface area contributed by atoms with Crippen LogP contribution in [0.3, 0.4) is 0 Å². The van der Waals surface area contributed by atoms with E-state index in [1.807, 2.05) is 66.7 Å². The van der Waals surface area contributed by atoms with Gasteiger partial charge in [-0.25, -0.2) is 15.0 Å². The van der Waals surface area contributed by atoms with Crippen LogP contribution in [-0.4, -0.2) is 50.4 Å². The molecule has 0 spiro atoms. The number of fused-ring (bicyclic) bond motifs is 1. The molecule has 0 aliphatic heterocycles. The zero-order valence-electron chi connectivity index (χ0n) is 19.0. The van der Waals surface area contributed by atoms with Crippen LogP contribution in [0, 0.1) is 0 Å². The van der Waals surface area contributed by atoms with Crippen LogP contribution >= 0.6 is 11.3 Å². The quantitative estimate of drug-likeness (QED) is 0.290. The molecule has 36 heavy (non-hydrogen) atoms. The predicted octanol–water partition coefficient (Wildman–Crippen LogP) is 4.40. The van der Waals surface area contributed by atoms with Gasteiger partial charge in [0.15, 0.2) is 0 Å². The number of aliphatic hydroxyl groups excluding tert-OH is 2. The molecule has 0 unspecified atom stereocenters. The maximum atomic E-state index is 13.4. The third-order valence-electron chi connectivity index (χ3n) is 5.33. The van der Waals surface area contributed by atoms with Gasteiger partial charge in [0.25, 0.3) is 5.91 Å². The molecular weight excluding hydrogens is 476 g/mol. The highest BCUT2D eigenvalue weighted by Gasteiger charge is 2.17. The highest BCUT2D eigenvalue weighted by Crippen LogP contribution is 2.34. The van der Waals surface area contributed by atoms with Crippen LogP contribution in [0.1, 0.15) is 10.5 Å². The van der Waals surface area contributed by atoms with Gasteiger partial charge in [-0.05, 0) is 24.3 Å². The molecule has 0 aliphatic carbocycles. The first-order valence-electron chi connectivity index (χ1n) is 11.2. The minimum Gasteiger partial charge on any atom is -0.491 e. The summed E-state index contributed by atoms with van der Waals surface area (Å²) in [6, 6.07) is 23.8. The number of carbonyl (C=O) groups excluding carboxylic acids is 1. The number of hydrogen-bond donors (Lipinski definition) is 3. The third kappa shape index (κ3) is 5.23. The second kappa shape index (κ2) is 10.6. The molecule has 3 N–H and O–H groups in total. The monoisotopic (exact) mass is 498 g/mol. The fourth-order valence-corrected chi connectivity index (χ4v) is 4.50. The fourth-order valence-electron chi connectivity index (χ4n) is 3.56. The Kier molecular flexibility index (Phi) is 6.94. The van der Waals surface area contributed by atoms with Crippen molar-refractivity contribution in [2.24, 2.45) is 0 Å². The molecule has 0 aliphatic rings. The number of thiazole rings is 1. The van der Waals surface area contributed by atoms with Gasteiger partial charge in [-0.1, -0.05) is 53.8 Å². The molecule has 0 bridgehead atoms. The van der Waals surface area contributed by atoms with Crippen LogP contribution in [-0.2, 0) is 0 Å². The van der Waals surface area contributed by atoms with Crippen LogP contribution < -0.4 is 10.1 Å². The molecule has 0 saturated heterocycles. The number of nitrogens with zero attached hydrogens (tertiary/aromatic N) is 3. The number of hydrogen-bond acceptors (Lipinski definition) is 8. The number of pyridine rings is 2. The molecule has 0 radical (unpaired) electrons. The van der Waals surface area contributed by atoms with E-state index in [1.165, 1.54) is 17.4 Å². The third-order valence-corrected chi connectivity index (χ3v) is 6.34. The maximum absolute atomic E-state index is 13.4. The summed E-state index contributed by atoms with van der Waals surface area (Å²) in [6.45, 7) is -0.549. The number of para-hydroxylation sites is 1. The van der Waals surface area contributed by atoms with Gasteiger partial charge in [0.05, 0.1) is 18.0 Å². The molecule has 2 aromatic carbocycles. The molecule has 1 atom stereocenters. The molecule has 9 heteroatoms. The number of benzene rings is 2. The second-order valence-corrected chi connectivity index (χ2v) is 8.91. The zero-order chi connectivity index (χ0) is 24.9. The first kappa shape index (κ1) is 23.6. The Bertz CT molecular complexity index is 1470. The Hall–Kier alpha value is -4.18. The Morgan fingerprint density at radius 1 is 1.00 bits per heavy atom. The van der Waals surface area contributed by atoms with E-state index in [0.29, 0.717) is 17.1 Å². The van der Waals surface area contributed by atoms with E-state index in [-0.39, 0.29) is 12.3 Å². The van der Waals surface area contributed by atoms with Gasteiger partial charge >= 0.3 is 0 Å². The van der Waals surface area contributed by atoms with Crippen molar-refractivity contribution >= 4 is 33.3 Å². The number of amides is 1. The lowest BCUT2D eigenvalue weighted by molar-refractivity contribution is 0.0535. The molecule has 0 fully saturated rings. The highest BCUT2D eigenvalue weighted by molar-refractivity contribution is 7.21. The summed E-state index contributed by atoms with van der Waals surface area (Å²) in [5.41, 5.74) is 3.65. The van der Waals surface area contributed by atoms with Crippen molar-refractivity contribution in [1.82, 2.24) is 15.0 Å². The van der Waals surface area contributed by atoms with Crippen molar-refractivity contribution in [2.45, 2.75) is 6.10 Å². The SMILES string of the molecule is O=C(Nc1ccccc1-c1nc2cccnc2s1)c1cc(OC[C@H](O)CO)cc(-c2ccccc2)n1. The molecule has 8 nitrogen and oxygen atoms in total. The lowest BCUT2D eigenvalue weighted by atomic mass is 10.1. The van der Waals surface area contributed by atoms with Crippen molar-refractivity contribution in [1.29, 1.82) is 0 Å². The number of anilines is 1. The zero-order valence-corrected chi connectivity index (χ0v) is 19.9. The summed E-state index contributed by atoms with van der Waals surface area (Å²) < 4.78 is 5.64. The van der Waals surface area contributed by atoms with Crippen LogP contribution in [0.25, 0.3) is 32.2 Å². The first-order valence-corrected chi connectivity index (χ1v) is 12.0. The van der Waals surface area contributed by atoms with Gasteiger partial charge in [0, 0.05) is 29.5 Å². The number of aromatic nitrogens is 3. The van der Waals surface area contributed by atoms with E-state index in [9.17, 15) is 9.90 Å². The van der Waals surface area contributed by atoms with E-state index in [2.05, 4.69) is 20.3 Å². The minimum atomic E-state index is -1.04. The normalized spacial score (nSPS) is 11.8. The summed E-state index contributed by atoms with van der Waals surface area (Å²) >= 11 is 1.45. The molecule has 180 valence electrons. The van der Waals surface area contributed by atoms with Crippen LogP contribution in [0.5, 0.6) is 5.75 Å². The van der Waals surface area contributed by atoms with Gasteiger partial charge < -0.3 is 20.3 Å². The lowest BCUT2D eigenvalue weighted by Crippen LogP contribution is -2.21. The predicted molar refractivity (Wildman–Crippen MR) is 139 cm³/mol. The largest absolute Gasteiger partial charge is 0.491 e. The fraction of sp³-hybridized carbons (Fsp3) is 0.111. The number of carbonyl (C=O) groups is 1. The average Bonchev–Trinajstić information content (AvgIpc) is 3.36. The Balaban J connectivity index is 1.47. The van der Waals surface area contributed by atoms with Crippen molar-refractivity contribution in [3.05, 3.63) is 90.8 Å². The molecule has 5 rings (SSSR count). The Labute approximate surface area is 210 Å². The molecule has 3 aromatic heterocycles. The van der Waals surface area contributed by atoms with Gasteiger partial charge in [0.2, 0.25) is 0 Å². The Morgan fingerprint density at radius 2 is 1.81 bits per heavy atom. The smallest absolute Gasteiger partial charge is 0.274 e. The number of rotatable bonds is 8. The van der Waals surface area contributed by atoms with Crippen molar-refractivity contribution in [3.63, 3.8) is 0 Å². The Morgan fingerprint density at radius 3 is 2.61 bits per heavy atom. The summed E-state index contributed by atoms with van der Waals surface area (Å²) in [7, 11) is 0. The molecule has 1 amide bonds. The van der Waals surface area contributed by atoms with Crippen molar-refractivity contribution in [2.75, 3.05) is 18.5 Å². The number of aliphatic hydroxyl groups is 2. The molecular formula is C27H22N4O4S. The first-order chi connectivity index (χ1) is 17.6. The number of ether oxygens (including phenoxy) is 1. The topological polar surface area (TPSA) is 117 Å². The van der Waals surface area contributed by atoms with E-state index in [1.54, 1.807) is 12.3 Å². The summed E-state index contributed by atoms with van der Waals surface area (Å²) in [6.07, 6.45) is 0.688. The summed E-state index contributed by atoms with van der Waals surface area (Å²) in [5, 5.41) is 22.5.